The van der Waals surface area contributed by atoms with Gasteiger partial charge in [0.25, 0.3) is 0 Å². The third-order valence-electron chi connectivity index (χ3n) is 4.38. The maximum absolute atomic E-state index is 6.12. The lowest BCUT2D eigenvalue weighted by molar-refractivity contribution is 0.415. The highest BCUT2D eigenvalue weighted by Crippen LogP contribution is 2.31. The largest absolute Gasteiger partial charge is 0.497 e. The molecule has 0 radical (unpaired) electrons. The minimum atomic E-state index is 0.597. The average Bonchev–Trinajstić information content (AvgIpc) is 3.02. The van der Waals surface area contributed by atoms with Gasteiger partial charge in [0.15, 0.2) is 0 Å². The van der Waals surface area contributed by atoms with Gasteiger partial charge in [0.2, 0.25) is 0 Å². The molecule has 0 bridgehead atoms. The lowest BCUT2D eigenvalue weighted by Crippen LogP contribution is -1.94. The first kappa shape index (κ1) is 17.0. The topological polar surface area (TPSA) is 27.1 Å². The number of fused-ring (bicyclic) bond motifs is 1. The van der Waals surface area contributed by atoms with E-state index in [1.165, 1.54) is 0 Å². The van der Waals surface area contributed by atoms with Crippen molar-refractivity contribution in [1.29, 1.82) is 0 Å². The average molecular weight is 383 g/mol. The van der Waals surface area contributed by atoms with Gasteiger partial charge in [-0.25, -0.2) is 0 Å². The van der Waals surface area contributed by atoms with E-state index in [9.17, 15) is 0 Å². The number of methoxy groups -OCH3 is 1. The van der Waals surface area contributed by atoms with E-state index < -0.39 is 0 Å². The molecule has 0 aliphatic heterocycles. The molecule has 0 N–H and O–H groups in total. The standard InChI is InChI=1S/C21H16Cl2N2O/c1-25-21(12-20(24-25)16-8-17(22)11-18(23)9-16)15-4-3-14-10-19(26-2)6-5-13(14)7-15/h3-12H,1-2H3. The van der Waals surface area contributed by atoms with Crippen LogP contribution in [-0.4, -0.2) is 16.9 Å². The van der Waals surface area contributed by atoms with Crippen molar-refractivity contribution < 1.29 is 4.74 Å². The van der Waals surface area contributed by atoms with Crippen LogP contribution in [0, 0.1) is 0 Å². The van der Waals surface area contributed by atoms with Crippen LogP contribution in [0.15, 0.2) is 60.7 Å². The second-order valence-corrected chi connectivity index (χ2v) is 7.00. The van der Waals surface area contributed by atoms with Crippen LogP contribution >= 0.6 is 23.2 Å². The van der Waals surface area contributed by atoms with E-state index >= 15 is 0 Å². The molecule has 0 aliphatic rings. The van der Waals surface area contributed by atoms with E-state index in [0.29, 0.717) is 10.0 Å². The predicted octanol–water partition coefficient (Wildman–Crippen LogP) is 6.22. The fourth-order valence-electron chi connectivity index (χ4n) is 3.09. The van der Waals surface area contributed by atoms with Crippen LogP contribution in [-0.2, 0) is 7.05 Å². The molecule has 0 saturated carbocycles. The summed E-state index contributed by atoms with van der Waals surface area (Å²) in [5.74, 6) is 0.853. The molecule has 0 unspecified atom stereocenters. The molecule has 0 spiro atoms. The number of hydrogen-bond acceptors (Lipinski definition) is 2. The van der Waals surface area contributed by atoms with Crippen molar-refractivity contribution in [2.75, 3.05) is 7.11 Å². The number of aromatic nitrogens is 2. The van der Waals surface area contributed by atoms with Gasteiger partial charge < -0.3 is 4.74 Å². The van der Waals surface area contributed by atoms with Gasteiger partial charge in [0, 0.05) is 28.2 Å². The number of rotatable bonds is 3. The fourth-order valence-corrected chi connectivity index (χ4v) is 3.62. The van der Waals surface area contributed by atoms with Gasteiger partial charge in [0.05, 0.1) is 18.5 Å². The van der Waals surface area contributed by atoms with E-state index in [1.54, 1.807) is 13.2 Å². The lowest BCUT2D eigenvalue weighted by Gasteiger charge is -2.06. The first-order chi connectivity index (χ1) is 12.5. The van der Waals surface area contributed by atoms with Gasteiger partial charge in [-0.1, -0.05) is 41.4 Å². The quantitative estimate of drug-likeness (QED) is 0.420. The van der Waals surface area contributed by atoms with E-state index in [4.69, 9.17) is 27.9 Å². The van der Waals surface area contributed by atoms with Crippen molar-refractivity contribution in [2.24, 2.45) is 7.05 Å². The van der Waals surface area contributed by atoms with Crippen molar-refractivity contribution in [3.8, 4) is 28.3 Å². The summed E-state index contributed by atoms with van der Waals surface area (Å²) in [5.41, 5.74) is 3.85. The molecular formula is C21H16Cl2N2O. The van der Waals surface area contributed by atoms with Gasteiger partial charge in [-0.2, -0.15) is 5.10 Å². The molecule has 1 aromatic heterocycles. The van der Waals surface area contributed by atoms with Crippen LogP contribution < -0.4 is 4.74 Å². The Hall–Kier alpha value is -2.49. The first-order valence-electron chi connectivity index (χ1n) is 8.12. The minimum Gasteiger partial charge on any atom is -0.497 e. The summed E-state index contributed by atoms with van der Waals surface area (Å²) < 4.78 is 7.16. The highest BCUT2D eigenvalue weighted by atomic mass is 35.5. The Kier molecular flexibility index (Phi) is 4.35. The van der Waals surface area contributed by atoms with Gasteiger partial charge in [-0.15, -0.1) is 0 Å². The molecule has 130 valence electrons. The van der Waals surface area contributed by atoms with E-state index in [0.717, 1.165) is 39.0 Å². The molecule has 4 rings (SSSR count). The number of nitrogens with zero attached hydrogens (tertiary/aromatic N) is 2. The maximum Gasteiger partial charge on any atom is 0.119 e. The van der Waals surface area contributed by atoms with Crippen LogP contribution in [0.2, 0.25) is 10.0 Å². The number of benzene rings is 3. The summed E-state index contributed by atoms with van der Waals surface area (Å²) in [6.45, 7) is 0. The maximum atomic E-state index is 6.12. The Morgan fingerprint density at radius 2 is 1.50 bits per heavy atom. The molecular weight excluding hydrogens is 367 g/mol. The summed E-state index contributed by atoms with van der Waals surface area (Å²) in [5, 5.41) is 8.11. The normalized spacial score (nSPS) is 11.1. The SMILES string of the molecule is COc1ccc2cc(-c3cc(-c4cc(Cl)cc(Cl)c4)nn3C)ccc2c1. The zero-order chi connectivity index (χ0) is 18.3. The minimum absolute atomic E-state index is 0.597. The first-order valence-corrected chi connectivity index (χ1v) is 8.88. The van der Waals surface area contributed by atoms with Gasteiger partial charge >= 0.3 is 0 Å². The molecule has 3 aromatic carbocycles. The lowest BCUT2D eigenvalue weighted by atomic mass is 10.0. The van der Waals surface area contributed by atoms with E-state index in [1.807, 2.05) is 42.1 Å². The summed E-state index contributed by atoms with van der Waals surface area (Å²) >= 11 is 12.2. The zero-order valence-corrected chi connectivity index (χ0v) is 15.8. The monoisotopic (exact) mass is 382 g/mol. The number of halogens is 2. The molecule has 5 heteroatoms. The van der Waals surface area contributed by atoms with Crippen LogP contribution in [0.3, 0.4) is 0 Å². The Bertz CT molecular complexity index is 1100. The van der Waals surface area contributed by atoms with Gasteiger partial charge in [-0.05, 0) is 53.2 Å². The van der Waals surface area contributed by atoms with E-state index in [-0.39, 0.29) is 0 Å². The molecule has 0 amide bonds. The zero-order valence-electron chi connectivity index (χ0n) is 14.3. The van der Waals surface area contributed by atoms with Crippen molar-refractivity contribution in [3.05, 3.63) is 70.7 Å². The molecule has 0 aliphatic carbocycles. The highest BCUT2D eigenvalue weighted by Gasteiger charge is 2.11. The predicted molar refractivity (Wildman–Crippen MR) is 108 cm³/mol. The number of ether oxygens (including phenoxy) is 1. The van der Waals surface area contributed by atoms with Crippen LogP contribution in [0.4, 0.5) is 0 Å². The fraction of sp³-hybridized carbons (Fsp3) is 0.0952. The smallest absolute Gasteiger partial charge is 0.119 e. The summed E-state index contributed by atoms with van der Waals surface area (Å²) in [6.07, 6.45) is 0. The molecule has 0 saturated heterocycles. The molecule has 3 nitrogen and oxygen atoms in total. The van der Waals surface area contributed by atoms with Gasteiger partial charge in [0.1, 0.15) is 5.75 Å². The Morgan fingerprint density at radius 3 is 2.23 bits per heavy atom. The van der Waals surface area contributed by atoms with Crippen molar-refractivity contribution in [3.63, 3.8) is 0 Å². The third-order valence-corrected chi connectivity index (χ3v) is 4.82. The number of aryl methyl sites for hydroxylation is 1. The molecule has 0 atom stereocenters. The highest BCUT2D eigenvalue weighted by molar-refractivity contribution is 6.35. The van der Waals surface area contributed by atoms with Crippen molar-refractivity contribution in [2.45, 2.75) is 0 Å². The van der Waals surface area contributed by atoms with Crippen LogP contribution in [0.5, 0.6) is 5.75 Å². The summed E-state index contributed by atoms with van der Waals surface area (Å²) in [6, 6.07) is 19.9. The second kappa shape index (κ2) is 6.67. The Labute approximate surface area is 161 Å². The molecule has 1 heterocycles. The summed E-state index contributed by atoms with van der Waals surface area (Å²) in [4.78, 5) is 0. The van der Waals surface area contributed by atoms with E-state index in [2.05, 4.69) is 29.4 Å². The molecule has 4 aromatic rings. The third kappa shape index (κ3) is 3.16. The van der Waals surface area contributed by atoms with Gasteiger partial charge in [-0.3, -0.25) is 4.68 Å². The van der Waals surface area contributed by atoms with Crippen molar-refractivity contribution >= 4 is 34.0 Å². The Morgan fingerprint density at radius 1 is 0.808 bits per heavy atom. The summed E-state index contributed by atoms with van der Waals surface area (Å²) in [7, 11) is 3.61. The molecule has 0 fully saturated rings. The van der Waals surface area contributed by atoms with Crippen molar-refractivity contribution in [1.82, 2.24) is 9.78 Å². The molecule has 26 heavy (non-hydrogen) atoms. The number of hydrogen-bond donors (Lipinski definition) is 0. The van der Waals surface area contributed by atoms with Crippen LogP contribution in [0.1, 0.15) is 0 Å². The van der Waals surface area contributed by atoms with Crippen LogP contribution in [0.25, 0.3) is 33.3 Å². The Balaban J connectivity index is 1.78. The second-order valence-electron chi connectivity index (χ2n) is 6.12.